The molecule has 1 N–H and O–H groups in total. The van der Waals surface area contributed by atoms with Gasteiger partial charge in [-0.15, -0.1) is 0 Å². The van der Waals surface area contributed by atoms with Crippen LogP contribution in [0.1, 0.15) is 68.1 Å². The molecule has 0 spiro atoms. The number of rotatable bonds is 12. The fraction of sp³-hybridized carbons (Fsp3) is 0.536. The van der Waals surface area contributed by atoms with Gasteiger partial charge in [0.25, 0.3) is 0 Å². The van der Waals surface area contributed by atoms with Crippen LogP contribution < -0.4 is 10.2 Å². The summed E-state index contributed by atoms with van der Waals surface area (Å²) in [7, 11) is 0. The number of aryl methyl sites for hydroxylation is 2. The van der Waals surface area contributed by atoms with Gasteiger partial charge in [0.2, 0.25) is 5.91 Å². The van der Waals surface area contributed by atoms with Gasteiger partial charge >= 0.3 is 6.18 Å². The molecule has 1 saturated heterocycles. The summed E-state index contributed by atoms with van der Waals surface area (Å²) in [5.41, 5.74) is 2.97. The Morgan fingerprint density at radius 1 is 0.917 bits per heavy atom. The van der Waals surface area contributed by atoms with Gasteiger partial charge in [0.05, 0.1) is 16.9 Å². The number of alkyl halides is 5. The van der Waals surface area contributed by atoms with Crippen LogP contribution >= 0.6 is 0 Å². The molecule has 2 aromatic carbocycles. The van der Waals surface area contributed by atoms with E-state index in [0.29, 0.717) is 38.5 Å². The predicted octanol–water partition coefficient (Wildman–Crippen LogP) is 7.68. The number of piperidine rings is 1. The summed E-state index contributed by atoms with van der Waals surface area (Å²) < 4.78 is 63.6. The minimum absolute atomic E-state index is 0.104. The first kappa shape index (κ1) is 27.9. The van der Waals surface area contributed by atoms with Gasteiger partial charge in [0.1, 0.15) is 12.8 Å². The van der Waals surface area contributed by atoms with Crippen LogP contribution in [0.4, 0.5) is 33.3 Å². The lowest BCUT2D eigenvalue weighted by Crippen LogP contribution is -2.30. The molecule has 1 aliphatic heterocycles. The van der Waals surface area contributed by atoms with E-state index in [2.05, 4.69) is 16.3 Å². The summed E-state index contributed by atoms with van der Waals surface area (Å²) >= 11 is 0. The van der Waals surface area contributed by atoms with Crippen molar-refractivity contribution in [2.75, 3.05) is 30.0 Å². The summed E-state index contributed by atoms with van der Waals surface area (Å²) in [4.78, 5) is 14.8. The molecule has 1 fully saturated rings. The molecule has 0 aromatic heterocycles. The largest absolute Gasteiger partial charge is 0.416 e. The molecular formula is C28H35F5N2O. The van der Waals surface area contributed by atoms with E-state index >= 15 is 0 Å². The van der Waals surface area contributed by atoms with E-state index in [1.54, 1.807) is 0 Å². The van der Waals surface area contributed by atoms with Gasteiger partial charge in [-0.3, -0.25) is 4.79 Å². The zero-order chi connectivity index (χ0) is 26.0. The molecule has 0 unspecified atom stereocenters. The molecule has 1 heterocycles. The maximum Gasteiger partial charge on any atom is 0.416 e. The number of hydrogen-bond acceptors (Lipinski definition) is 2. The lowest BCUT2D eigenvalue weighted by molar-refractivity contribution is -0.137. The van der Waals surface area contributed by atoms with Crippen molar-refractivity contribution in [3.63, 3.8) is 0 Å². The molecule has 0 radical (unpaired) electrons. The average Bonchev–Trinajstić information content (AvgIpc) is 2.88. The zero-order valence-corrected chi connectivity index (χ0v) is 20.6. The van der Waals surface area contributed by atoms with Crippen molar-refractivity contribution < 1.29 is 26.7 Å². The van der Waals surface area contributed by atoms with Crippen LogP contribution in [0.15, 0.2) is 42.5 Å². The molecule has 1 atom stereocenters. The minimum atomic E-state index is -4.34. The summed E-state index contributed by atoms with van der Waals surface area (Å²) in [6.07, 6.45) is 1.24. The van der Waals surface area contributed by atoms with Crippen molar-refractivity contribution >= 4 is 17.3 Å². The molecule has 36 heavy (non-hydrogen) atoms. The first-order chi connectivity index (χ1) is 17.3. The Morgan fingerprint density at radius 2 is 1.58 bits per heavy atom. The number of nitrogens with zero attached hydrogens (tertiary/aromatic N) is 1. The van der Waals surface area contributed by atoms with Crippen LogP contribution in [-0.4, -0.2) is 31.8 Å². The van der Waals surface area contributed by atoms with Gasteiger partial charge in [-0.05, 0) is 80.3 Å². The molecule has 3 rings (SSSR count). The average molecular weight is 511 g/mol. The Labute approximate surface area is 210 Å². The lowest BCUT2D eigenvalue weighted by Gasteiger charge is -2.31. The van der Waals surface area contributed by atoms with Gasteiger partial charge < -0.3 is 10.2 Å². The topological polar surface area (TPSA) is 32.3 Å². The minimum Gasteiger partial charge on any atom is -0.370 e. The summed E-state index contributed by atoms with van der Waals surface area (Å²) in [5, 5.41) is 3.02. The van der Waals surface area contributed by atoms with Crippen LogP contribution in [0, 0.1) is 0 Å². The third-order valence-electron chi connectivity index (χ3n) is 6.61. The zero-order valence-electron chi connectivity index (χ0n) is 20.6. The Hall–Kier alpha value is -2.64. The van der Waals surface area contributed by atoms with Crippen molar-refractivity contribution in [2.24, 2.45) is 0 Å². The molecule has 198 valence electrons. The van der Waals surface area contributed by atoms with E-state index < -0.39 is 24.6 Å². The Kier molecular flexibility index (Phi) is 10.6. The maximum absolute atomic E-state index is 13.0. The van der Waals surface area contributed by atoms with E-state index in [-0.39, 0.29) is 12.3 Å². The fourth-order valence-corrected chi connectivity index (χ4v) is 4.50. The molecule has 1 amide bonds. The molecule has 0 aliphatic carbocycles. The number of benzene rings is 2. The molecule has 0 saturated carbocycles. The third-order valence-corrected chi connectivity index (χ3v) is 6.61. The predicted molar refractivity (Wildman–Crippen MR) is 134 cm³/mol. The molecule has 1 aliphatic rings. The summed E-state index contributed by atoms with van der Waals surface area (Å²) in [6.45, 7) is 0.856. The second kappa shape index (κ2) is 13.6. The Bertz CT molecular complexity index is 955. The number of halogens is 5. The number of carbonyl (C=O) groups is 1. The van der Waals surface area contributed by atoms with Crippen LogP contribution in [0.2, 0.25) is 0 Å². The molecule has 3 nitrogen and oxygen atoms in total. The number of hydrogen-bond donors (Lipinski definition) is 1. The van der Waals surface area contributed by atoms with Crippen LogP contribution in [-0.2, 0) is 23.8 Å². The van der Waals surface area contributed by atoms with E-state index in [1.807, 2.05) is 12.1 Å². The quantitative estimate of drug-likeness (QED) is 0.235. The monoisotopic (exact) mass is 510 g/mol. The molecule has 8 heteroatoms. The number of carbonyl (C=O) groups excluding carboxylic acids is 1. The fourth-order valence-electron chi connectivity index (χ4n) is 4.50. The van der Waals surface area contributed by atoms with Crippen molar-refractivity contribution in [2.45, 2.75) is 76.6 Å². The number of unbranched alkanes of at least 4 members (excludes halogenated alkanes) is 2. The molecule has 2 aromatic rings. The van der Waals surface area contributed by atoms with Crippen molar-refractivity contribution in [3.8, 4) is 0 Å². The van der Waals surface area contributed by atoms with Gasteiger partial charge in [-0.2, -0.15) is 13.2 Å². The van der Waals surface area contributed by atoms with E-state index in [9.17, 15) is 26.7 Å². The first-order valence-electron chi connectivity index (χ1n) is 12.8. The highest BCUT2D eigenvalue weighted by atomic mass is 19.4. The highest BCUT2D eigenvalue weighted by Crippen LogP contribution is 2.32. The van der Waals surface area contributed by atoms with Crippen molar-refractivity contribution in [1.82, 2.24) is 0 Å². The number of amides is 1. The van der Waals surface area contributed by atoms with Crippen LogP contribution in [0.3, 0.4) is 0 Å². The summed E-state index contributed by atoms with van der Waals surface area (Å²) in [5.74, 6) is -0.104. The number of anilines is 2. The van der Waals surface area contributed by atoms with E-state index in [1.165, 1.54) is 18.6 Å². The highest BCUT2D eigenvalue weighted by Gasteiger charge is 2.29. The Morgan fingerprint density at radius 3 is 2.25 bits per heavy atom. The van der Waals surface area contributed by atoms with Crippen molar-refractivity contribution in [3.05, 3.63) is 59.2 Å². The number of nitrogens with one attached hydrogen (secondary N) is 1. The first-order valence-corrected chi connectivity index (χ1v) is 12.8. The normalized spacial score (nSPS) is 15.1. The Balaban J connectivity index is 1.61. The standard InChI is InChI=1S/C28H35F5N2O/c29-20-24(30)7-3-1-4-8-27(36)34-25-16-13-22(19-26(25)35-17-5-2-6-18-35)10-9-21-11-14-23(15-12-21)28(31,32)33/h11-16,19,24H,1-10,17-18,20H2,(H,34,36)/t24-/m0/s1. The highest BCUT2D eigenvalue weighted by molar-refractivity contribution is 5.94. The SMILES string of the molecule is O=C(CCCCC[C@H](F)CF)Nc1ccc(CCc2ccc(C(F)(F)F)cc2)cc1N1CCCCC1. The van der Waals surface area contributed by atoms with Gasteiger partial charge in [0, 0.05) is 19.5 Å². The van der Waals surface area contributed by atoms with E-state index in [4.69, 9.17) is 0 Å². The van der Waals surface area contributed by atoms with Crippen LogP contribution in [0.25, 0.3) is 0 Å². The van der Waals surface area contributed by atoms with Crippen molar-refractivity contribution in [1.29, 1.82) is 0 Å². The smallest absolute Gasteiger partial charge is 0.370 e. The third kappa shape index (κ3) is 8.79. The maximum atomic E-state index is 13.0. The second-order valence-electron chi connectivity index (χ2n) is 9.49. The van der Waals surface area contributed by atoms with E-state index in [0.717, 1.165) is 60.6 Å². The second-order valence-corrected chi connectivity index (χ2v) is 9.49. The van der Waals surface area contributed by atoms with Gasteiger partial charge in [-0.1, -0.05) is 31.0 Å². The summed E-state index contributed by atoms with van der Waals surface area (Å²) in [6, 6.07) is 11.2. The van der Waals surface area contributed by atoms with Gasteiger partial charge in [-0.25, -0.2) is 8.78 Å². The lowest BCUT2D eigenvalue weighted by atomic mass is 10.0. The van der Waals surface area contributed by atoms with Gasteiger partial charge in [0.15, 0.2) is 0 Å². The molecular weight excluding hydrogens is 475 g/mol. The van der Waals surface area contributed by atoms with Crippen LogP contribution in [0.5, 0.6) is 0 Å². The molecule has 0 bridgehead atoms.